The Morgan fingerprint density at radius 2 is 1.77 bits per heavy atom. The molecule has 1 aliphatic carbocycles. The molecule has 1 heterocycles. The topological polar surface area (TPSA) is 47.4 Å². The first kappa shape index (κ1) is 20.9. The molecular formula is C22H19F4N3O2. The van der Waals surface area contributed by atoms with Crippen LogP contribution in [0.2, 0.25) is 0 Å². The Labute approximate surface area is 175 Å². The van der Waals surface area contributed by atoms with Crippen LogP contribution in [0.4, 0.5) is 17.6 Å². The van der Waals surface area contributed by atoms with E-state index in [1.54, 1.807) is 23.9 Å². The van der Waals surface area contributed by atoms with Gasteiger partial charge in [-0.25, -0.2) is 9.07 Å². The van der Waals surface area contributed by atoms with Gasteiger partial charge in [-0.3, -0.25) is 4.79 Å². The van der Waals surface area contributed by atoms with Crippen LogP contribution in [0.25, 0.3) is 5.69 Å². The van der Waals surface area contributed by atoms with Crippen molar-refractivity contribution < 1.29 is 27.1 Å². The van der Waals surface area contributed by atoms with E-state index in [1.807, 2.05) is 0 Å². The van der Waals surface area contributed by atoms with Gasteiger partial charge in [-0.15, -0.1) is 13.2 Å². The smallest absolute Gasteiger partial charge is 0.406 e. The molecule has 0 saturated carbocycles. The number of ether oxygens (including phenoxy) is 1. The van der Waals surface area contributed by atoms with E-state index >= 15 is 0 Å². The number of benzene rings is 2. The van der Waals surface area contributed by atoms with Crippen molar-refractivity contribution in [3.63, 3.8) is 0 Å². The first-order valence-electron chi connectivity index (χ1n) is 9.68. The van der Waals surface area contributed by atoms with Crippen molar-refractivity contribution in [1.82, 2.24) is 14.7 Å². The van der Waals surface area contributed by atoms with Crippen LogP contribution >= 0.6 is 0 Å². The molecule has 2 aromatic carbocycles. The van der Waals surface area contributed by atoms with E-state index in [2.05, 4.69) is 9.84 Å². The molecule has 9 heteroatoms. The van der Waals surface area contributed by atoms with Gasteiger partial charge < -0.3 is 9.64 Å². The average Bonchev–Trinajstić information content (AvgIpc) is 3.31. The predicted molar refractivity (Wildman–Crippen MR) is 104 cm³/mol. The zero-order chi connectivity index (χ0) is 22.2. The van der Waals surface area contributed by atoms with Gasteiger partial charge in [0.25, 0.3) is 5.91 Å². The number of hydrogen-bond acceptors (Lipinski definition) is 3. The third kappa shape index (κ3) is 4.55. The molecule has 0 bridgehead atoms. The minimum atomic E-state index is -4.75. The Balaban J connectivity index is 1.53. The molecule has 0 N–H and O–H groups in total. The van der Waals surface area contributed by atoms with Gasteiger partial charge in [0.15, 0.2) is 5.69 Å². The number of fused-ring (bicyclic) bond motifs is 1. The number of carbonyl (C=O) groups is 1. The molecule has 0 aliphatic heterocycles. The number of nitrogens with zero attached hydrogens (tertiary/aromatic N) is 3. The van der Waals surface area contributed by atoms with E-state index in [1.165, 1.54) is 41.3 Å². The number of halogens is 4. The molecule has 1 amide bonds. The van der Waals surface area contributed by atoms with E-state index < -0.39 is 6.36 Å². The monoisotopic (exact) mass is 433 g/mol. The molecule has 0 radical (unpaired) electrons. The Morgan fingerprint density at radius 3 is 2.42 bits per heavy atom. The zero-order valence-corrected chi connectivity index (χ0v) is 16.6. The molecule has 0 unspecified atom stereocenters. The molecule has 1 aliphatic rings. The lowest BCUT2D eigenvalue weighted by atomic mass is 10.1. The lowest BCUT2D eigenvalue weighted by Gasteiger charge is -2.17. The second kappa shape index (κ2) is 8.05. The summed E-state index contributed by atoms with van der Waals surface area (Å²) >= 11 is 0. The molecule has 1 aromatic heterocycles. The van der Waals surface area contributed by atoms with E-state index in [9.17, 15) is 22.4 Å². The normalized spacial score (nSPS) is 13.2. The van der Waals surface area contributed by atoms with Crippen molar-refractivity contribution in [2.45, 2.75) is 32.2 Å². The Morgan fingerprint density at radius 1 is 1.10 bits per heavy atom. The lowest BCUT2D eigenvalue weighted by molar-refractivity contribution is -0.274. The fraction of sp³-hybridized carbons (Fsp3) is 0.273. The van der Waals surface area contributed by atoms with Crippen LogP contribution in [-0.4, -0.2) is 34.0 Å². The van der Waals surface area contributed by atoms with Crippen LogP contribution < -0.4 is 4.74 Å². The Bertz CT molecular complexity index is 1090. The molecule has 0 fully saturated rings. The zero-order valence-electron chi connectivity index (χ0n) is 16.6. The highest BCUT2D eigenvalue weighted by Crippen LogP contribution is 2.29. The van der Waals surface area contributed by atoms with Crippen LogP contribution in [-0.2, 0) is 19.4 Å². The molecule has 0 saturated heterocycles. The van der Waals surface area contributed by atoms with Gasteiger partial charge >= 0.3 is 6.36 Å². The first-order chi connectivity index (χ1) is 14.7. The summed E-state index contributed by atoms with van der Waals surface area (Å²) in [5, 5.41) is 4.51. The van der Waals surface area contributed by atoms with Gasteiger partial charge in [0, 0.05) is 24.8 Å². The Hall–Kier alpha value is -3.36. The summed E-state index contributed by atoms with van der Waals surface area (Å²) < 4.78 is 55.7. The van der Waals surface area contributed by atoms with Crippen LogP contribution in [0.1, 0.15) is 33.7 Å². The molecule has 162 valence electrons. The summed E-state index contributed by atoms with van der Waals surface area (Å²) in [7, 11) is 1.61. The SMILES string of the molecule is CN(Cc1ccc(OC(F)(F)F)cc1)C(=O)c1nn(-c2ccc(F)cc2)c2c1CCC2. The highest BCUT2D eigenvalue weighted by atomic mass is 19.4. The molecule has 3 aromatic rings. The number of carbonyl (C=O) groups excluding carboxylic acids is 1. The van der Waals surface area contributed by atoms with E-state index in [0.29, 0.717) is 16.9 Å². The van der Waals surface area contributed by atoms with E-state index in [4.69, 9.17) is 0 Å². The molecular weight excluding hydrogens is 414 g/mol. The van der Waals surface area contributed by atoms with Crippen molar-refractivity contribution >= 4 is 5.91 Å². The molecule has 0 atom stereocenters. The van der Waals surface area contributed by atoms with Crippen molar-refractivity contribution in [1.29, 1.82) is 0 Å². The van der Waals surface area contributed by atoms with Crippen LogP contribution in [0.3, 0.4) is 0 Å². The Kier molecular flexibility index (Phi) is 5.43. The quantitative estimate of drug-likeness (QED) is 0.550. The second-order valence-electron chi connectivity index (χ2n) is 7.37. The minimum absolute atomic E-state index is 0.198. The predicted octanol–water partition coefficient (Wildman–Crippen LogP) is 4.67. The first-order valence-corrected chi connectivity index (χ1v) is 9.68. The van der Waals surface area contributed by atoms with E-state index in [0.717, 1.165) is 30.5 Å². The summed E-state index contributed by atoms with van der Waals surface area (Å²) in [6, 6.07) is 11.3. The second-order valence-corrected chi connectivity index (χ2v) is 7.37. The van der Waals surface area contributed by atoms with Gasteiger partial charge in [0.05, 0.1) is 5.69 Å². The number of aromatic nitrogens is 2. The maximum Gasteiger partial charge on any atom is 0.573 e. The fourth-order valence-electron chi connectivity index (χ4n) is 3.73. The van der Waals surface area contributed by atoms with Crippen molar-refractivity contribution in [2.75, 3.05) is 7.05 Å². The van der Waals surface area contributed by atoms with Crippen molar-refractivity contribution in [3.8, 4) is 11.4 Å². The third-order valence-corrected chi connectivity index (χ3v) is 5.13. The summed E-state index contributed by atoms with van der Waals surface area (Å²) in [5.74, 6) is -0.953. The van der Waals surface area contributed by atoms with Gasteiger partial charge in [-0.2, -0.15) is 5.10 Å². The van der Waals surface area contributed by atoms with Gasteiger partial charge in [-0.05, 0) is 61.2 Å². The highest BCUT2D eigenvalue weighted by Gasteiger charge is 2.31. The lowest BCUT2D eigenvalue weighted by Crippen LogP contribution is -2.27. The number of amides is 1. The average molecular weight is 433 g/mol. The summed E-state index contributed by atoms with van der Waals surface area (Å²) in [5.41, 5.74) is 3.50. The van der Waals surface area contributed by atoms with Crippen molar-refractivity contribution in [2.24, 2.45) is 0 Å². The van der Waals surface area contributed by atoms with Gasteiger partial charge in [0.2, 0.25) is 0 Å². The van der Waals surface area contributed by atoms with Crippen molar-refractivity contribution in [3.05, 3.63) is 76.9 Å². The summed E-state index contributed by atoms with van der Waals surface area (Å²) in [4.78, 5) is 14.5. The maximum atomic E-state index is 13.3. The maximum absolute atomic E-state index is 13.3. The number of hydrogen-bond donors (Lipinski definition) is 0. The standard InChI is InChI=1S/C22H19F4N3O2/c1-28(13-14-5-11-17(12-6-14)31-22(24,25)26)21(30)20-18-3-2-4-19(18)29(27-20)16-9-7-15(23)8-10-16/h5-12H,2-4,13H2,1H3. The highest BCUT2D eigenvalue weighted by molar-refractivity contribution is 5.94. The molecule has 31 heavy (non-hydrogen) atoms. The van der Waals surface area contributed by atoms with Crippen LogP contribution in [0.5, 0.6) is 5.75 Å². The van der Waals surface area contributed by atoms with Crippen LogP contribution in [0, 0.1) is 5.82 Å². The fourth-order valence-corrected chi connectivity index (χ4v) is 3.73. The minimum Gasteiger partial charge on any atom is -0.406 e. The summed E-state index contributed by atoms with van der Waals surface area (Å²) in [6.45, 7) is 0.198. The molecule has 0 spiro atoms. The summed E-state index contributed by atoms with van der Waals surface area (Å²) in [6.07, 6.45) is -2.34. The molecule has 5 nitrogen and oxygen atoms in total. The van der Waals surface area contributed by atoms with Gasteiger partial charge in [-0.1, -0.05) is 12.1 Å². The third-order valence-electron chi connectivity index (χ3n) is 5.13. The number of alkyl halides is 3. The molecule has 4 rings (SSSR count). The van der Waals surface area contributed by atoms with Crippen LogP contribution in [0.15, 0.2) is 48.5 Å². The van der Waals surface area contributed by atoms with E-state index in [-0.39, 0.29) is 24.0 Å². The largest absolute Gasteiger partial charge is 0.573 e. The number of rotatable bonds is 5. The van der Waals surface area contributed by atoms with Gasteiger partial charge in [0.1, 0.15) is 11.6 Å².